The number of hydrogen-bond donors (Lipinski definition) is 0. The average Bonchev–Trinajstić information content (AvgIpc) is 3.86. The topological polar surface area (TPSA) is 46.5 Å². The number of nitriles is 1. The number of fused-ring (bicyclic) bond motifs is 6. The lowest BCUT2D eigenvalue weighted by Gasteiger charge is -2.19. The van der Waals surface area contributed by atoms with Gasteiger partial charge in [0.1, 0.15) is 0 Å². The van der Waals surface area contributed by atoms with E-state index in [1.807, 2.05) is 24.4 Å². The second-order valence-corrected chi connectivity index (χ2v) is 20.3. The Balaban J connectivity index is 1.12. The fourth-order valence-corrected chi connectivity index (χ4v) is 11.7. The molecule has 4 heteroatoms. The number of hydrogen-bond acceptors (Lipinski definition) is 2. The number of rotatable bonds is 7. The smallest absolute Gasteiger partial charge is 0.0999 e. The summed E-state index contributed by atoms with van der Waals surface area (Å²) in [5.41, 5.74) is 27.4. The van der Waals surface area contributed by atoms with Gasteiger partial charge in [-0.25, -0.2) is 0 Å². The lowest BCUT2D eigenvalue weighted by atomic mass is 9.97. The molecule has 0 bridgehead atoms. The lowest BCUT2D eigenvalue weighted by Crippen LogP contribution is -2.04. The first-order chi connectivity index (χ1) is 34.9. The highest BCUT2D eigenvalue weighted by Gasteiger charge is 2.25. The number of aromatic nitrogens is 3. The van der Waals surface area contributed by atoms with Crippen LogP contribution in [-0.4, -0.2) is 14.1 Å². The Morgan fingerprint density at radius 1 is 0.333 bits per heavy atom. The molecule has 0 saturated heterocycles. The maximum absolute atomic E-state index is 11.2. The van der Waals surface area contributed by atoms with E-state index in [4.69, 9.17) is 4.98 Å². The standard InChI is InChI=1S/C68H54N4/c1-40-23-41(2)28-53(27-40)48-14-18-61-57(35-48)58-36-49(54-29-42(3)24-43(4)30-54)15-19-62(58)71(61)65-12-9-11-52(39-69)67(65)68-66(13-10-22-70-68)72-63-20-16-50(55-31-44(5)25-45(6)32-55)37-59(63)60-38-51(17-21-64(60)72)56-33-46(7)26-47(8)34-56/h9-38H,1-8H3. The number of aryl methyl sites for hydroxylation is 8. The van der Waals surface area contributed by atoms with Gasteiger partial charge in [0, 0.05) is 33.3 Å². The van der Waals surface area contributed by atoms with Crippen molar-refractivity contribution in [2.24, 2.45) is 0 Å². The van der Waals surface area contributed by atoms with E-state index in [2.05, 4.69) is 228 Å². The van der Waals surface area contributed by atoms with Crippen LogP contribution < -0.4 is 0 Å². The average molecular weight is 927 g/mol. The zero-order valence-corrected chi connectivity index (χ0v) is 42.1. The highest BCUT2D eigenvalue weighted by Crippen LogP contribution is 2.44. The molecular weight excluding hydrogens is 873 g/mol. The molecule has 4 nitrogen and oxygen atoms in total. The molecule has 0 saturated carbocycles. The van der Waals surface area contributed by atoms with Crippen LogP contribution in [0, 0.1) is 66.7 Å². The molecule has 0 amide bonds. The fraction of sp³-hybridized carbons (Fsp3) is 0.118. The predicted molar refractivity (Wildman–Crippen MR) is 303 cm³/mol. The van der Waals surface area contributed by atoms with E-state index in [0.29, 0.717) is 5.56 Å². The van der Waals surface area contributed by atoms with Crippen LogP contribution >= 0.6 is 0 Å². The Morgan fingerprint density at radius 3 is 0.986 bits per heavy atom. The minimum atomic E-state index is 0.552. The quantitative estimate of drug-likeness (QED) is 0.160. The van der Waals surface area contributed by atoms with Gasteiger partial charge >= 0.3 is 0 Å². The monoisotopic (exact) mass is 926 g/mol. The molecule has 0 radical (unpaired) electrons. The van der Waals surface area contributed by atoms with Crippen LogP contribution in [-0.2, 0) is 0 Å². The summed E-state index contributed by atoms with van der Waals surface area (Å²) in [4.78, 5) is 5.28. The van der Waals surface area contributed by atoms with E-state index < -0.39 is 0 Å². The van der Waals surface area contributed by atoms with Gasteiger partial charge in [-0.05, 0) is 173 Å². The van der Waals surface area contributed by atoms with Crippen molar-refractivity contribution in [3.05, 3.63) is 232 Å². The molecule has 0 unspecified atom stereocenters. The third-order valence-corrected chi connectivity index (χ3v) is 14.4. The summed E-state index contributed by atoms with van der Waals surface area (Å²) in [5.74, 6) is 0. The fourth-order valence-electron chi connectivity index (χ4n) is 11.7. The van der Waals surface area contributed by atoms with Gasteiger partial charge < -0.3 is 9.13 Å². The van der Waals surface area contributed by atoms with Crippen molar-refractivity contribution in [1.29, 1.82) is 5.26 Å². The Bertz CT molecular complexity index is 3970. The van der Waals surface area contributed by atoms with Crippen molar-refractivity contribution in [2.45, 2.75) is 55.4 Å². The van der Waals surface area contributed by atoms with Crippen LogP contribution in [0.5, 0.6) is 0 Å². The van der Waals surface area contributed by atoms with Crippen LogP contribution in [0.3, 0.4) is 0 Å². The maximum Gasteiger partial charge on any atom is 0.0999 e. The molecule has 72 heavy (non-hydrogen) atoms. The molecule has 346 valence electrons. The molecule has 0 N–H and O–H groups in total. The van der Waals surface area contributed by atoms with Gasteiger partial charge in [0.2, 0.25) is 0 Å². The summed E-state index contributed by atoms with van der Waals surface area (Å²) in [7, 11) is 0. The second-order valence-electron chi connectivity index (χ2n) is 20.3. The summed E-state index contributed by atoms with van der Waals surface area (Å²) in [6.07, 6.45) is 1.86. The molecule has 0 aliphatic rings. The molecule has 0 aliphatic heterocycles. The molecular formula is C68H54N4. The van der Waals surface area contributed by atoms with E-state index >= 15 is 0 Å². The minimum Gasteiger partial charge on any atom is -0.309 e. The van der Waals surface area contributed by atoms with Crippen molar-refractivity contribution >= 4 is 43.6 Å². The molecule has 0 spiro atoms. The van der Waals surface area contributed by atoms with Gasteiger partial charge in [0.05, 0.1) is 50.8 Å². The molecule has 3 aromatic heterocycles. The Kier molecular flexibility index (Phi) is 10.7. The van der Waals surface area contributed by atoms with Gasteiger partial charge in [0.25, 0.3) is 0 Å². The summed E-state index contributed by atoms with van der Waals surface area (Å²) in [6.45, 7) is 17.3. The van der Waals surface area contributed by atoms with Gasteiger partial charge in [-0.3, -0.25) is 4.98 Å². The van der Waals surface area contributed by atoms with E-state index in [-0.39, 0.29) is 0 Å². The highest BCUT2D eigenvalue weighted by molar-refractivity contribution is 6.14. The molecule has 0 aliphatic carbocycles. The van der Waals surface area contributed by atoms with Gasteiger partial charge in [0.15, 0.2) is 0 Å². The normalized spacial score (nSPS) is 11.6. The molecule has 12 rings (SSSR count). The van der Waals surface area contributed by atoms with E-state index in [1.165, 1.54) is 77.9 Å². The van der Waals surface area contributed by atoms with Crippen molar-refractivity contribution in [2.75, 3.05) is 0 Å². The van der Waals surface area contributed by atoms with Crippen LogP contribution in [0.1, 0.15) is 50.1 Å². The van der Waals surface area contributed by atoms with Crippen LogP contribution in [0.4, 0.5) is 0 Å². The van der Waals surface area contributed by atoms with E-state index in [0.717, 1.165) is 77.4 Å². The maximum atomic E-state index is 11.2. The van der Waals surface area contributed by atoms with Crippen molar-refractivity contribution in [3.63, 3.8) is 0 Å². The van der Waals surface area contributed by atoms with Crippen LogP contribution in [0.2, 0.25) is 0 Å². The first kappa shape index (κ1) is 44.4. The molecule has 0 atom stereocenters. The van der Waals surface area contributed by atoms with Gasteiger partial charge in [-0.1, -0.05) is 148 Å². The summed E-state index contributed by atoms with van der Waals surface area (Å²) in [6, 6.07) is 67.4. The number of nitrogens with zero attached hydrogens (tertiary/aromatic N) is 4. The lowest BCUT2D eigenvalue weighted by molar-refractivity contribution is 1.13. The summed E-state index contributed by atoms with van der Waals surface area (Å²) >= 11 is 0. The zero-order valence-electron chi connectivity index (χ0n) is 42.1. The van der Waals surface area contributed by atoms with Crippen LogP contribution in [0.25, 0.3) is 111 Å². The van der Waals surface area contributed by atoms with Gasteiger partial charge in [-0.2, -0.15) is 5.26 Å². The SMILES string of the molecule is Cc1cc(C)cc(-c2ccc3c(c2)c2cc(-c4cc(C)cc(C)c4)ccc2n3-c2cccnc2-c2c(C#N)cccc2-n2c3ccc(-c4cc(C)cc(C)c4)cc3c3cc(-c4cc(C)cc(C)c4)ccc32)c1. The number of pyridine rings is 1. The molecule has 12 aromatic rings. The molecule has 0 fully saturated rings. The largest absolute Gasteiger partial charge is 0.309 e. The third kappa shape index (κ3) is 7.66. The Hall–Kier alpha value is -8.78. The van der Waals surface area contributed by atoms with Crippen molar-refractivity contribution in [3.8, 4) is 73.2 Å². The van der Waals surface area contributed by atoms with Crippen molar-refractivity contribution < 1.29 is 0 Å². The predicted octanol–water partition coefficient (Wildman–Crippen LogP) is 17.9. The first-order valence-electron chi connectivity index (χ1n) is 24.9. The first-order valence-corrected chi connectivity index (χ1v) is 24.9. The molecule has 9 aromatic carbocycles. The minimum absolute atomic E-state index is 0.552. The third-order valence-electron chi connectivity index (χ3n) is 14.4. The van der Waals surface area contributed by atoms with E-state index in [9.17, 15) is 5.26 Å². The van der Waals surface area contributed by atoms with Crippen molar-refractivity contribution in [1.82, 2.24) is 14.1 Å². The second kappa shape index (κ2) is 17.3. The van der Waals surface area contributed by atoms with Gasteiger partial charge in [-0.15, -0.1) is 0 Å². The number of benzene rings is 9. The summed E-state index contributed by atoms with van der Waals surface area (Å²) in [5, 5.41) is 15.8. The zero-order chi connectivity index (χ0) is 49.5. The Labute approximate surface area is 421 Å². The highest BCUT2D eigenvalue weighted by atomic mass is 15.0. The van der Waals surface area contributed by atoms with Crippen LogP contribution in [0.15, 0.2) is 182 Å². The van der Waals surface area contributed by atoms with E-state index in [1.54, 1.807) is 0 Å². The summed E-state index contributed by atoms with van der Waals surface area (Å²) < 4.78 is 4.72. The molecule has 3 heterocycles. The Morgan fingerprint density at radius 2 is 0.653 bits per heavy atom.